The molecule has 5 nitrogen and oxygen atoms in total. The number of para-hydroxylation sites is 1. The van der Waals surface area contributed by atoms with Crippen molar-refractivity contribution in [2.24, 2.45) is 0 Å². The number of nitrogens with zero attached hydrogens (tertiary/aromatic N) is 1. The normalized spacial score (nSPS) is 14.3. The lowest BCUT2D eigenvalue weighted by Crippen LogP contribution is -2.47. The van der Waals surface area contributed by atoms with Crippen LogP contribution in [0.4, 0.5) is 5.69 Å². The first kappa shape index (κ1) is 18.0. The minimum Gasteiger partial charge on any atom is -0.465 e. The zero-order valence-corrected chi connectivity index (χ0v) is 15.2. The molecule has 26 heavy (non-hydrogen) atoms. The van der Waals surface area contributed by atoms with Crippen LogP contribution in [0.5, 0.6) is 0 Å². The van der Waals surface area contributed by atoms with E-state index >= 15 is 0 Å². The topological polar surface area (TPSA) is 58.6 Å². The van der Waals surface area contributed by atoms with Crippen LogP contribution in [0.3, 0.4) is 0 Å². The van der Waals surface area contributed by atoms with Crippen molar-refractivity contribution in [3.05, 3.63) is 65.2 Å². The van der Waals surface area contributed by atoms with Gasteiger partial charge in [-0.3, -0.25) is 4.79 Å². The van der Waals surface area contributed by atoms with Gasteiger partial charge in [-0.1, -0.05) is 30.3 Å². The molecule has 0 aromatic heterocycles. The van der Waals surface area contributed by atoms with E-state index in [4.69, 9.17) is 0 Å². The zero-order chi connectivity index (χ0) is 18.5. The minimum atomic E-state index is -0.363. The molecule has 3 rings (SSSR count). The molecule has 1 aliphatic heterocycles. The molecule has 136 valence electrons. The standard InChI is InChI=1S/C21H24N2O3/c1-15(23-13-5-7-17-6-3-4-8-19(17)23)20(24)22-14-16-9-11-18(12-10-16)21(25)26-2/h3-4,6,8-12,15H,5,7,13-14H2,1-2H3,(H,22,24). The maximum Gasteiger partial charge on any atom is 0.337 e. The second-order valence-electron chi connectivity index (χ2n) is 6.51. The molecule has 0 saturated carbocycles. The third-order valence-electron chi connectivity index (χ3n) is 4.83. The maximum absolute atomic E-state index is 12.6. The highest BCUT2D eigenvalue weighted by molar-refractivity contribution is 5.89. The molecule has 1 unspecified atom stereocenters. The molecule has 1 atom stereocenters. The van der Waals surface area contributed by atoms with Gasteiger partial charge in [0.15, 0.2) is 0 Å². The van der Waals surface area contributed by atoms with Crippen molar-refractivity contribution in [3.63, 3.8) is 0 Å². The lowest BCUT2D eigenvalue weighted by atomic mass is 10.00. The number of carbonyl (C=O) groups excluding carboxylic acids is 2. The number of anilines is 1. The number of fused-ring (bicyclic) bond motifs is 1. The van der Waals surface area contributed by atoms with Gasteiger partial charge in [-0.25, -0.2) is 4.79 Å². The largest absolute Gasteiger partial charge is 0.465 e. The average Bonchev–Trinajstić information content (AvgIpc) is 2.70. The fraction of sp³-hybridized carbons (Fsp3) is 0.333. The Morgan fingerprint density at radius 3 is 2.62 bits per heavy atom. The van der Waals surface area contributed by atoms with Crippen LogP contribution >= 0.6 is 0 Å². The molecular weight excluding hydrogens is 328 g/mol. The molecule has 5 heteroatoms. The molecule has 0 radical (unpaired) electrons. The number of aryl methyl sites for hydroxylation is 1. The summed E-state index contributed by atoms with van der Waals surface area (Å²) in [6.07, 6.45) is 2.12. The first-order valence-corrected chi connectivity index (χ1v) is 8.89. The van der Waals surface area contributed by atoms with Crippen molar-refractivity contribution in [2.45, 2.75) is 32.4 Å². The quantitative estimate of drug-likeness (QED) is 0.841. The molecule has 0 fully saturated rings. The molecule has 2 aromatic carbocycles. The van der Waals surface area contributed by atoms with Crippen molar-refractivity contribution >= 4 is 17.6 Å². The number of nitrogens with one attached hydrogen (secondary N) is 1. The number of hydrogen-bond donors (Lipinski definition) is 1. The number of hydrogen-bond acceptors (Lipinski definition) is 4. The third-order valence-corrected chi connectivity index (χ3v) is 4.83. The summed E-state index contributed by atoms with van der Waals surface area (Å²) in [4.78, 5) is 26.3. The summed E-state index contributed by atoms with van der Waals surface area (Å²) in [7, 11) is 1.36. The van der Waals surface area contributed by atoms with Crippen molar-refractivity contribution in [1.29, 1.82) is 0 Å². The molecule has 1 aliphatic rings. The van der Waals surface area contributed by atoms with E-state index in [9.17, 15) is 9.59 Å². The molecule has 1 heterocycles. The van der Waals surface area contributed by atoms with Gasteiger partial charge in [0.05, 0.1) is 12.7 Å². The van der Waals surface area contributed by atoms with Gasteiger partial charge in [0.1, 0.15) is 6.04 Å². The first-order chi connectivity index (χ1) is 12.6. The molecule has 1 N–H and O–H groups in total. The summed E-state index contributed by atoms with van der Waals surface area (Å²) >= 11 is 0. The van der Waals surface area contributed by atoms with Crippen LogP contribution in [0.1, 0.15) is 34.8 Å². The Morgan fingerprint density at radius 2 is 1.88 bits per heavy atom. The van der Waals surface area contributed by atoms with Crippen LogP contribution < -0.4 is 10.2 Å². The highest BCUT2D eigenvalue weighted by atomic mass is 16.5. The van der Waals surface area contributed by atoms with Crippen LogP contribution in [0.15, 0.2) is 48.5 Å². The summed E-state index contributed by atoms with van der Waals surface area (Å²) < 4.78 is 4.69. The van der Waals surface area contributed by atoms with Crippen molar-refractivity contribution in [2.75, 3.05) is 18.6 Å². The SMILES string of the molecule is COC(=O)c1ccc(CNC(=O)C(C)N2CCCc3ccccc32)cc1. The van der Waals surface area contributed by atoms with Crippen molar-refractivity contribution in [1.82, 2.24) is 5.32 Å². The molecule has 2 aromatic rings. The zero-order valence-electron chi connectivity index (χ0n) is 15.2. The highest BCUT2D eigenvalue weighted by Gasteiger charge is 2.25. The molecule has 0 saturated heterocycles. The summed E-state index contributed by atoms with van der Waals surface area (Å²) in [6.45, 7) is 3.26. The first-order valence-electron chi connectivity index (χ1n) is 8.89. The fourth-order valence-electron chi connectivity index (χ4n) is 3.32. The van der Waals surface area contributed by atoms with Gasteiger partial charge in [0, 0.05) is 18.8 Å². The summed E-state index contributed by atoms with van der Waals surface area (Å²) in [5, 5.41) is 2.99. The van der Waals surface area contributed by atoms with E-state index in [0.29, 0.717) is 12.1 Å². The van der Waals surface area contributed by atoms with E-state index in [2.05, 4.69) is 27.1 Å². The number of benzene rings is 2. The lowest BCUT2D eigenvalue weighted by Gasteiger charge is -2.35. The van der Waals surface area contributed by atoms with E-state index in [1.165, 1.54) is 12.7 Å². The second-order valence-corrected chi connectivity index (χ2v) is 6.51. The average molecular weight is 352 g/mol. The van der Waals surface area contributed by atoms with E-state index < -0.39 is 0 Å². The third kappa shape index (κ3) is 3.87. The number of carbonyl (C=O) groups is 2. The van der Waals surface area contributed by atoms with Crippen LogP contribution in [0, 0.1) is 0 Å². The number of esters is 1. The number of ether oxygens (including phenoxy) is 1. The summed E-state index contributed by atoms with van der Waals surface area (Å²) in [5.74, 6) is -0.364. The molecule has 0 bridgehead atoms. The Kier molecular flexibility index (Phi) is 5.56. The van der Waals surface area contributed by atoms with Gasteiger partial charge in [0.2, 0.25) is 5.91 Å². The van der Waals surface area contributed by atoms with E-state index in [1.54, 1.807) is 12.1 Å². The Hall–Kier alpha value is -2.82. The monoisotopic (exact) mass is 352 g/mol. The molecule has 0 spiro atoms. The molecular formula is C21H24N2O3. The van der Waals surface area contributed by atoms with Gasteiger partial charge < -0.3 is 15.0 Å². The minimum absolute atomic E-state index is 0.00116. The van der Waals surface area contributed by atoms with E-state index in [-0.39, 0.29) is 17.9 Å². The van der Waals surface area contributed by atoms with Crippen LogP contribution in [-0.2, 0) is 22.5 Å². The molecule has 1 amide bonds. The Bertz CT molecular complexity index is 786. The van der Waals surface area contributed by atoms with Gasteiger partial charge in [-0.2, -0.15) is 0 Å². The summed E-state index contributed by atoms with van der Waals surface area (Å²) in [5.41, 5.74) is 3.90. The van der Waals surface area contributed by atoms with E-state index in [0.717, 1.165) is 30.6 Å². The Labute approximate surface area is 154 Å². The van der Waals surface area contributed by atoms with Crippen LogP contribution in [0.2, 0.25) is 0 Å². The van der Waals surface area contributed by atoms with Crippen molar-refractivity contribution in [3.8, 4) is 0 Å². The van der Waals surface area contributed by atoms with Gasteiger partial charge in [-0.15, -0.1) is 0 Å². The lowest BCUT2D eigenvalue weighted by molar-refractivity contribution is -0.122. The predicted molar refractivity (Wildman–Crippen MR) is 101 cm³/mol. The maximum atomic E-state index is 12.6. The van der Waals surface area contributed by atoms with Gasteiger partial charge in [-0.05, 0) is 49.1 Å². The van der Waals surface area contributed by atoms with Crippen LogP contribution in [-0.4, -0.2) is 31.6 Å². The predicted octanol–water partition coefficient (Wildman–Crippen LogP) is 2.93. The van der Waals surface area contributed by atoms with Crippen LogP contribution in [0.25, 0.3) is 0 Å². The fourth-order valence-corrected chi connectivity index (χ4v) is 3.32. The Morgan fingerprint density at radius 1 is 1.15 bits per heavy atom. The number of rotatable bonds is 5. The molecule has 0 aliphatic carbocycles. The van der Waals surface area contributed by atoms with Gasteiger partial charge >= 0.3 is 5.97 Å². The Balaban J connectivity index is 1.61. The highest BCUT2D eigenvalue weighted by Crippen LogP contribution is 2.28. The van der Waals surface area contributed by atoms with E-state index in [1.807, 2.05) is 31.2 Å². The smallest absolute Gasteiger partial charge is 0.337 e. The number of methoxy groups -OCH3 is 1. The number of amides is 1. The summed E-state index contributed by atoms with van der Waals surface area (Å²) in [6, 6.07) is 15.1. The van der Waals surface area contributed by atoms with Crippen molar-refractivity contribution < 1.29 is 14.3 Å². The van der Waals surface area contributed by atoms with Gasteiger partial charge in [0.25, 0.3) is 0 Å². The second kappa shape index (κ2) is 8.04.